The van der Waals surface area contributed by atoms with Crippen LogP contribution in [0, 0.1) is 5.41 Å². The SMILES string of the molecule is CC(C)(C)C1CC(OC(N)=O)CCN1C(=O)[C@H](c1cccc(OC(F)(F)F)c1)C1(O)CCCCC1. The number of halogens is 3. The van der Waals surface area contributed by atoms with Gasteiger partial charge in [0, 0.05) is 25.4 Å². The number of hydrogen-bond acceptors (Lipinski definition) is 5. The summed E-state index contributed by atoms with van der Waals surface area (Å²) in [5.74, 6) is -1.85. The maximum Gasteiger partial charge on any atom is 0.573 e. The number of carbonyl (C=O) groups excluding carboxylic acids is 2. The smallest absolute Gasteiger partial charge is 0.446 e. The Balaban J connectivity index is 1.99. The molecule has 0 aromatic heterocycles. The Bertz CT molecular complexity index is 909. The quantitative estimate of drug-likeness (QED) is 0.601. The topological polar surface area (TPSA) is 102 Å². The molecule has 1 aliphatic heterocycles. The van der Waals surface area contributed by atoms with Crippen LogP contribution in [0.3, 0.4) is 0 Å². The molecule has 3 N–H and O–H groups in total. The summed E-state index contributed by atoms with van der Waals surface area (Å²) in [5.41, 5.74) is 3.70. The van der Waals surface area contributed by atoms with E-state index < -0.39 is 41.2 Å². The van der Waals surface area contributed by atoms with Crippen molar-refractivity contribution in [2.45, 2.75) is 95.7 Å². The van der Waals surface area contributed by atoms with Crippen LogP contribution in [-0.4, -0.2) is 52.7 Å². The Morgan fingerprint density at radius 1 is 1.17 bits per heavy atom. The molecule has 0 radical (unpaired) electrons. The van der Waals surface area contributed by atoms with E-state index in [0.29, 0.717) is 25.7 Å². The Morgan fingerprint density at radius 2 is 1.83 bits per heavy atom. The zero-order chi connectivity index (χ0) is 26.0. The Morgan fingerprint density at radius 3 is 2.40 bits per heavy atom. The molecule has 2 amide bonds. The van der Waals surface area contributed by atoms with E-state index in [1.165, 1.54) is 18.2 Å². The number of rotatable bonds is 5. The van der Waals surface area contributed by atoms with Gasteiger partial charge in [0.15, 0.2) is 0 Å². The Hall–Kier alpha value is -2.49. The van der Waals surface area contributed by atoms with Gasteiger partial charge in [-0.3, -0.25) is 4.79 Å². The van der Waals surface area contributed by atoms with Crippen LogP contribution in [0.15, 0.2) is 24.3 Å². The summed E-state index contributed by atoms with van der Waals surface area (Å²) in [4.78, 5) is 27.2. The summed E-state index contributed by atoms with van der Waals surface area (Å²) in [6.45, 7) is 6.16. The van der Waals surface area contributed by atoms with Gasteiger partial charge in [-0.25, -0.2) is 4.79 Å². The number of alkyl halides is 3. The Labute approximate surface area is 203 Å². The summed E-state index contributed by atoms with van der Waals surface area (Å²) in [6.07, 6.45) is -2.35. The molecular formula is C25H35F3N2O5. The number of carbonyl (C=O) groups is 2. The van der Waals surface area contributed by atoms with Crippen molar-refractivity contribution in [3.8, 4) is 5.75 Å². The maximum atomic E-state index is 14.2. The first-order valence-electron chi connectivity index (χ1n) is 12.0. The number of primary amides is 1. The molecule has 0 spiro atoms. The highest BCUT2D eigenvalue weighted by atomic mass is 19.4. The fourth-order valence-electron chi connectivity index (χ4n) is 5.48. The van der Waals surface area contributed by atoms with E-state index in [2.05, 4.69) is 4.74 Å². The van der Waals surface area contributed by atoms with Crippen molar-refractivity contribution in [2.24, 2.45) is 11.1 Å². The highest BCUT2D eigenvalue weighted by molar-refractivity contribution is 5.86. The lowest BCUT2D eigenvalue weighted by atomic mass is 9.71. The number of piperidine rings is 1. The van der Waals surface area contributed by atoms with Gasteiger partial charge in [0.1, 0.15) is 11.9 Å². The third kappa shape index (κ3) is 6.80. The molecule has 1 aliphatic carbocycles. The number of hydrogen-bond donors (Lipinski definition) is 2. The van der Waals surface area contributed by atoms with Crippen molar-refractivity contribution in [2.75, 3.05) is 6.54 Å². The van der Waals surface area contributed by atoms with Gasteiger partial charge in [-0.05, 0) is 36.0 Å². The van der Waals surface area contributed by atoms with E-state index in [1.807, 2.05) is 20.8 Å². The minimum atomic E-state index is -4.88. The van der Waals surface area contributed by atoms with E-state index in [9.17, 15) is 27.9 Å². The lowest BCUT2D eigenvalue weighted by Crippen LogP contribution is -2.57. The molecule has 3 atom stereocenters. The van der Waals surface area contributed by atoms with Crippen molar-refractivity contribution in [3.63, 3.8) is 0 Å². The Kier molecular flexibility index (Phi) is 7.93. The number of nitrogens with two attached hydrogens (primary N) is 1. The van der Waals surface area contributed by atoms with Crippen LogP contribution in [0.2, 0.25) is 0 Å². The molecular weight excluding hydrogens is 465 g/mol. The summed E-state index contributed by atoms with van der Waals surface area (Å²) < 4.78 is 47.9. The third-order valence-corrected chi connectivity index (χ3v) is 7.05. The van der Waals surface area contributed by atoms with Gasteiger partial charge < -0.3 is 25.2 Å². The van der Waals surface area contributed by atoms with Crippen molar-refractivity contribution >= 4 is 12.0 Å². The monoisotopic (exact) mass is 500 g/mol. The third-order valence-electron chi connectivity index (χ3n) is 7.05. The summed E-state index contributed by atoms with van der Waals surface area (Å²) in [7, 11) is 0. The average Bonchev–Trinajstić information content (AvgIpc) is 2.72. The van der Waals surface area contributed by atoms with Gasteiger partial charge in [0.25, 0.3) is 0 Å². The molecule has 2 aliphatic rings. The molecule has 1 aromatic carbocycles. The molecule has 196 valence electrons. The summed E-state index contributed by atoms with van der Waals surface area (Å²) in [6, 6.07) is 4.99. The summed E-state index contributed by atoms with van der Waals surface area (Å²) >= 11 is 0. The van der Waals surface area contributed by atoms with Crippen molar-refractivity contribution in [1.29, 1.82) is 0 Å². The van der Waals surface area contributed by atoms with Crippen LogP contribution in [0.25, 0.3) is 0 Å². The molecule has 1 heterocycles. The lowest BCUT2D eigenvalue weighted by molar-refractivity contribution is -0.274. The second kappa shape index (κ2) is 10.2. The normalized spacial score (nSPS) is 23.9. The minimum Gasteiger partial charge on any atom is -0.446 e. The molecule has 2 fully saturated rings. The molecule has 0 bridgehead atoms. The average molecular weight is 501 g/mol. The largest absolute Gasteiger partial charge is 0.573 e. The molecule has 3 rings (SSSR count). The van der Waals surface area contributed by atoms with Crippen LogP contribution in [-0.2, 0) is 9.53 Å². The van der Waals surface area contributed by atoms with E-state index in [4.69, 9.17) is 10.5 Å². The fraction of sp³-hybridized carbons (Fsp3) is 0.680. The predicted octanol–water partition coefficient (Wildman–Crippen LogP) is 4.87. The molecule has 2 unspecified atom stereocenters. The molecule has 1 saturated carbocycles. The van der Waals surface area contributed by atoms with Gasteiger partial charge in [-0.15, -0.1) is 13.2 Å². The van der Waals surface area contributed by atoms with E-state index >= 15 is 0 Å². The standard InChI is InChI=1S/C25H35F3N2O5/c1-23(2,3)19-15-17(34-22(29)32)10-13-30(19)21(31)20(24(33)11-5-4-6-12-24)16-8-7-9-18(14-16)35-25(26,27)28/h7-9,14,17,19-20,33H,4-6,10-13,15H2,1-3H3,(H2,29,32)/t17?,19?,20-/m0/s1. The predicted molar refractivity (Wildman–Crippen MR) is 123 cm³/mol. The number of nitrogens with zero attached hydrogens (tertiary/aromatic N) is 1. The van der Waals surface area contributed by atoms with Crippen LogP contribution in [0.5, 0.6) is 5.75 Å². The zero-order valence-corrected chi connectivity index (χ0v) is 20.4. The van der Waals surface area contributed by atoms with Crippen molar-refractivity contribution < 1.29 is 37.3 Å². The first-order valence-corrected chi connectivity index (χ1v) is 12.0. The molecule has 1 saturated heterocycles. The number of likely N-dealkylation sites (tertiary alicyclic amines) is 1. The van der Waals surface area contributed by atoms with Crippen LogP contribution >= 0.6 is 0 Å². The zero-order valence-electron chi connectivity index (χ0n) is 20.4. The van der Waals surface area contributed by atoms with E-state index in [0.717, 1.165) is 19.3 Å². The highest BCUT2D eigenvalue weighted by Gasteiger charge is 2.48. The highest BCUT2D eigenvalue weighted by Crippen LogP contribution is 2.44. The van der Waals surface area contributed by atoms with Gasteiger partial charge in [-0.2, -0.15) is 0 Å². The van der Waals surface area contributed by atoms with Crippen LogP contribution in [0.4, 0.5) is 18.0 Å². The van der Waals surface area contributed by atoms with Crippen molar-refractivity contribution in [1.82, 2.24) is 4.90 Å². The van der Waals surface area contributed by atoms with E-state index in [-0.39, 0.29) is 24.1 Å². The van der Waals surface area contributed by atoms with Gasteiger partial charge in [-0.1, -0.05) is 52.2 Å². The number of aliphatic hydroxyl groups is 1. The van der Waals surface area contributed by atoms with Crippen LogP contribution in [0.1, 0.15) is 77.2 Å². The van der Waals surface area contributed by atoms with Crippen molar-refractivity contribution in [3.05, 3.63) is 29.8 Å². The minimum absolute atomic E-state index is 0.268. The molecule has 10 heteroatoms. The van der Waals surface area contributed by atoms with Gasteiger partial charge in [0.05, 0.1) is 11.5 Å². The van der Waals surface area contributed by atoms with Gasteiger partial charge in [0.2, 0.25) is 5.91 Å². The number of ether oxygens (including phenoxy) is 2. The lowest BCUT2D eigenvalue weighted by Gasteiger charge is -2.48. The van der Waals surface area contributed by atoms with E-state index in [1.54, 1.807) is 11.0 Å². The second-order valence-corrected chi connectivity index (χ2v) is 10.7. The first-order chi connectivity index (χ1) is 16.2. The maximum absolute atomic E-state index is 14.2. The first kappa shape index (κ1) is 27.1. The second-order valence-electron chi connectivity index (χ2n) is 10.7. The molecule has 7 nitrogen and oxygen atoms in total. The van der Waals surface area contributed by atoms with Crippen LogP contribution < -0.4 is 10.5 Å². The summed E-state index contributed by atoms with van der Waals surface area (Å²) in [5, 5.41) is 11.7. The fourth-order valence-corrected chi connectivity index (χ4v) is 5.48. The molecule has 35 heavy (non-hydrogen) atoms. The number of amides is 2. The molecule has 1 aromatic rings. The van der Waals surface area contributed by atoms with Gasteiger partial charge >= 0.3 is 12.5 Å². The number of benzene rings is 1.